The molecule has 7 nitrogen and oxygen atoms in total. The Hall–Kier alpha value is -2.93. The predicted octanol–water partition coefficient (Wildman–Crippen LogP) is 4.27. The van der Waals surface area contributed by atoms with Gasteiger partial charge in [-0.3, -0.25) is 19.5 Å². The average molecular weight is 505 g/mol. The van der Waals surface area contributed by atoms with Crippen LogP contribution in [0, 0.1) is 6.92 Å². The molecule has 1 aliphatic carbocycles. The van der Waals surface area contributed by atoms with Crippen molar-refractivity contribution in [2.24, 2.45) is 0 Å². The number of piperidine rings is 1. The van der Waals surface area contributed by atoms with Gasteiger partial charge < -0.3 is 14.5 Å². The van der Waals surface area contributed by atoms with Crippen molar-refractivity contribution in [1.82, 2.24) is 19.7 Å². The van der Waals surface area contributed by atoms with E-state index in [-0.39, 0.29) is 24.3 Å². The van der Waals surface area contributed by atoms with Crippen LogP contribution in [-0.2, 0) is 4.79 Å². The number of piperazine rings is 1. The standard InChI is InChI=1S/C30H40N4O3/c1-23-12-13-27(30(36)34-20-18-32(19-21-34)25-8-4-2-5-9-25)29(31-23)24-14-16-33(17-15-24)28(35)22-37-26-10-6-3-7-11-26/h3,6-7,10-13,24-25H,2,4-5,8-9,14-22H2,1H3. The molecule has 2 saturated heterocycles. The second-order valence-electron chi connectivity index (χ2n) is 10.8. The molecule has 0 N–H and O–H groups in total. The van der Waals surface area contributed by atoms with E-state index in [2.05, 4.69) is 4.90 Å². The zero-order chi connectivity index (χ0) is 25.6. The molecule has 0 atom stereocenters. The van der Waals surface area contributed by atoms with Crippen molar-refractivity contribution in [3.8, 4) is 5.75 Å². The quantitative estimate of drug-likeness (QED) is 0.588. The highest BCUT2D eigenvalue weighted by Gasteiger charge is 2.32. The van der Waals surface area contributed by atoms with Gasteiger partial charge >= 0.3 is 0 Å². The van der Waals surface area contributed by atoms with E-state index in [0.717, 1.165) is 56.0 Å². The van der Waals surface area contributed by atoms with Crippen molar-refractivity contribution < 1.29 is 14.3 Å². The number of benzene rings is 1. The molecule has 0 radical (unpaired) electrons. The molecule has 2 aliphatic heterocycles. The lowest BCUT2D eigenvalue weighted by Crippen LogP contribution is -2.52. The average Bonchev–Trinajstić information content (AvgIpc) is 2.97. The largest absolute Gasteiger partial charge is 0.484 e. The van der Waals surface area contributed by atoms with Crippen molar-refractivity contribution in [1.29, 1.82) is 0 Å². The van der Waals surface area contributed by atoms with Crippen LogP contribution in [0.2, 0.25) is 0 Å². The highest BCUT2D eigenvalue weighted by atomic mass is 16.5. The molecule has 2 amide bonds. The smallest absolute Gasteiger partial charge is 0.260 e. The summed E-state index contributed by atoms with van der Waals surface area (Å²) in [7, 11) is 0. The third-order valence-electron chi connectivity index (χ3n) is 8.33. The Balaban J connectivity index is 1.17. The highest BCUT2D eigenvalue weighted by Crippen LogP contribution is 2.31. The monoisotopic (exact) mass is 504 g/mol. The van der Waals surface area contributed by atoms with E-state index in [1.54, 1.807) is 0 Å². The number of hydrogen-bond donors (Lipinski definition) is 0. The molecule has 1 saturated carbocycles. The van der Waals surface area contributed by atoms with Gasteiger partial charge in [0.05, 0.1) is 11.3 Å². The Labute approximate surface area is 220 Å². The first-order valence-corrected chi connectivity index (χ1v) is 14.0. The Morgan fingerprint density at radius 1 is 0.838 bits per heavy atom. The van der Waals surface area contributed by atoms with Crippen molar-refractivity contribution in [3.05, 3.63) is 59.4 Å². The number of hydrogen-bond acceptors (Lipinski definition) is 5. The number of aromatic nitrogens is 1. The van der Waals surface area contributed by atoms with Crippen LogP contribution in [0.15, 0.2) is 42.5 Å². The van der Waals surface area contributed by atoms with Gasteiger partial charge in [0.25, 0.3) is 11.8 Å². The van der Waals surface area contributed by atoms with Crippen LogP contribution in [-0.4, -0.2) is 83.4 Å². The first-order valence-electron chi connectivity index (χ1n) is 14.0. The van der Waals surface area contributed by atoms with E-state index >= 15 is 0 Å². The lowest BCUT2D eigenvalue weighted by Gasteiger charge is -2.41. The van der Waals surface area contributed by atoms with Gasteiger partial charge in [-0.2, -0.15) is 0 Å². The van der Waals surface area contributed by atoms with Gasteiger partial charge in [-0.25, -0.2) is 0 Å². The number of pyridine rings is 1. The summed E-state index contributed by atoms with van der Waals surface area (Å²) in [5.74, 6) is 1.01. The number of nitrogens with zero attached hydrogens (tertiary/aromatic N) is 4. The van der Waals surface area contributed by atoms with Crippen molar-refractivity contribution in [3.63, 3.8) is 0 Å². The molecule has 3 fully saturated rings. The molecule has 5 rings (SSSR count). The molecule has 3 aliphatic rings. The van der Waals surface area contributed by atoms with E-state index in [4.69, 9.17) is 9.72 Å². The van der Waals surface area contributed by atoms with Crippen LogP contribution >= 0.6 is 0 Å². The number of ether oxygens (including phenoxy) is 1. The molecular formula is C30H40N4O3. The minimum atomic E-state index is 0.00615. The van der Waals surface area contributed by atoms with E-state index in [9.17, 15) is 9.59 Å². The summed E-state index contributed by atoms with van der Waals surface area (Å²) in [5.41, 5.74) is 2.59. The number of likely N-dealkylation sites (tertiary alicyclic amines) is 1. The molecule has 0 unspecified atom stereocenters. The van der Waals surface area contributed by atoms with Gasteiger partial charge in [0.2, 0.25) is 0 Å². The van der Waals surface area contributed by atoms with Crippen LogP contribution < -0.4 is 4.74 Å². The second kappa shape index (κ2) is 12.1. The number of carbonyl (C=O) groups is 2. The first kappa shape index (κ1) is 25.7. The van der Waals surface area contributed by atoms with Crippen molar-refractivity contribution in [2.45, 2.75) is 63.8 Å². The Morgan fingerprint density at radius 3 is 2.24 bits per heavy atom. The molecule has 198 valence electrons. The maximum atomic E-state index is 13.6. The van der Waals surface area contributed by atoms with Crippen LogP contribution in [0.4, 0.5) is 0 Å². The molecule has 37 heavy (non-hydrogen) atoms. The minimum Gasteiger partial charge on any atom is -0.484 e. The maximum absolute atomic E-state index is 13.6. The molecule has 0 bridgehead atoms. The third kappa shape index (κ3) is 6.32. The fourth-order valence-corrected chi connectivity index (χ4v) is 6.13. The molecular weight excluding hydrogens is 464 g/mol. The molecule has 7 heteroatoms. The van der Waals surface area contributed by atoms with E-state index in [1.165, 1.54) is 32.1 Å². The summed E-state index contributed by atoms with van der Waals surface area (Å²) in [5, 5.41) is 0. The summed E-state index contributed by atoms with van der Waals surface area (Å²) in [6.07, 6.45) is 8.28. The number of aryl methyl sites for hydroxylation is 1. The number of amides is 2. The molecule has 1 aromatic heterocycles. The SMILES string of the molecule is Cc1ccc(C(=O)N2CCN(C3CCCCC3)CC2)c(C2CCN(C(=O)COc3ccccc3)CC2)n1. The Kier molecular flexibility index (Phi) is 8.39. The van der Waals surface area contributed by atoms with Gasteiger partial charge in [0.1, 0.15) is 5.75 Å². The first-order chi connectivity index (χ1) is 18.1. The minimum absolute atomic E-state index is 0.00615. The van der Waals surface area contributed by atoms with Crippen LogP contribution in [0.5, 0.6) is 5.75 Å². The number of rotatable bonds is 6. The summed E-state index contributed by atoms with van der Waals surface area (Å²) < 4.78 is 5.65. The fraction of sp³-hybridized carbons (Fsp3) is 0.567. The molecule has 3 heterocycles. The van der Waals surface area contributed by atoms with Crippen LogP contribution in [0.3, 0.4) is 0 Å². The zero-order valence-electron chi connectivity index (χ0n) is 22.1. The predicted molar refractivity (Wildman–Crippen MR) is 144 cm³/mol. The Morgan fingerprint density at radius 2 is 1.54 bits per heavy atom. The molecule has 2 aromatic rings. The van der Waals surface area contributed by atoms with Gasteiger partial charge in [-0.05, 0) is 56.9 Å². The summed E-state index contributed by atoms with van der Waals surface area (Å²) in [6.45, 7) is 6.87. The number of carbonyl (C=O) groups excluding carboxylic acids is 2. The number of para-hydroxylation sites is 1. The second-order valence-corrected chi connectivity index (χ2v) is 10.8. The van der Waals surface area contributed by atoms with E-state index in [1.807, 2.05) is 59.2 Å². The molecule has 1 aromatic carbocycles. The van der Waals surface area contributed by atoms with Gasteiger partial charge in [-0.15, -0.1) is 0 Å². The summed E-state index contributed by atoms with van der Waals surface area (Å²) >= 11 is 0. The Bertz CT molecular complexity index is 1050. The normalized spacial score (nSPS) is 20.1. The zero-order valence-corrected chi connectivity index (χ0v) is 22.1. The van der Waals surface area contributed by atoms with Gasteiger partial charge in [0.15, 0.2) is 6.61 Å². The van der Waals surface area contributed by atoms with Gasteiger partial charge in [0, 0.05) is 56.9 Å². The lowest BCUT2D eigenvalue weighted by molar-refractivity contribution is -0.134. The van der Waals surface area contributed by atoms with Crippen LogP contribution in [0.1, 0.15) is 72.6 Å². The fourth-order valence-electron chi connectivity index (χ4n) is 6.13. The van der Waals surface area contributed by atoms with Crippen molar-refractivity contribution in [2.75, 3.05) is 45.9 Å². The van der Waals surface area contributed by atoms with Crippen molar-refractivity contribution >= 4 is 11.8 Å². The topological polar surface area (TPSA) is 66.0 Å². The van der Waals surface area contributed by atoms with E-state index < -0.39 is 0 Å². The maximum Gasteiger partial charge on any atom is 0.260 e. The summed E-state index contributed by atoms with van der Waals surface area (Å²) in [4.78, 5) is 37.7. The molecule has 0 spiro atoms. The highest BCUT2D eigenvalue weighted by molar-refractivity contribution is 5.95. The van der Waals surface area contributed by atoms with E-state index in [0.29, 0.717) is 24.9 Å². The summed E-state index contributed by atoms with van der Waals surface area (Å²) in [6, 6.07) is 14.1. The van der Waals surface area contributed by atoms with Crippen LogP contribution in [0.25, 0.3) is 0 Å². The van der Waals surface area contributed by atoms with Gasteiger partial charge in [-0.1, -0.05) is 37.5 Å². The lowest BCUT2D eigenvalue weighted by atomic mass is 9.89. The third-order valence-corrected chi connectivity index (χ3v) is 8.33.